The van der Waals surface area contributed by atoms with E-state index in [2.05, 4.69) is 20.9 Å². The predicted octanol–water partition coefficient (Wildman–Crippen LogP) is 4.90. The Morgan fingerprint density at radius 3 is 2.59 bits per heavy atom. The molecule has 0 aliphatic carbocycles. The molecule has 0 fully saturated rings. The van der Waals surface area contributed by atoms with Gasteiger partial charge in [-0.05, 0) is 24.6 Å². The van der Waals surface area contributed by atoms with Crippen LogP contribution in [-0.2, 0) is 6.18 Å². The Morgan fingerprint density at radius 1 is 1.29 bits per heavy atom. The number of aromatic nitrogens is 1. The summed E-state index contributed by atoms with van der Waals surface area (Å²) in [7, 11) is 0. The first-order chi connectivity index (χ1) is 7.88. The number of halogens is 4. The molecule has 0 amide bonds. The highest BCUT2D eigenvalue weighted by molar-refractivity contribution is 9.10. The molecule has 2 aromatic rings. The number of aryl methyl sites for hydroxylation is 1. The summed E-state index contributed by atoms with van der Waals surface area (Å²) in [5.74, 6) is 0. The van der Waals surface area contributed by atoms with Gasteiger partial charge in [-0.1, -0.05) is 22.0 Å². The molecular weight excluding hydrogens is 315 g/mol. The van der Waals surface area contributed by atoms with Crippen LogP contribution in [0.4, 0.5) is 13.2 Å². The molecule has 0 radical (unpaired) electrons. The van der Waals surface area contributed by atoms with Gasteiger partial charge in [0.2, 0.25) is 0 Å². The van der Waals surface area contributed by atoms with Gasteiger partial charge < -0.3 is 0 Å². The van der Waals surface area contributed by atoms with Gasteiger partial charge in [0.25, 0.3) is 0 Å². The standard InChI is InChI=1S/C11H7BrF3NS/c1-6-2-3-7(12)4-8(6)9-5-17-10(16-9)11(13,14)15/h2-5H,1H3. The van der Waals surface area contributed by atoms with Crippen molar-refractivity contribution in [1.29, 1.82) is 0 Å². The van der Waals surface area contributed by atoms with Gasteiger partial charge in [-0.3, -0.25) is 0 Å². The second-order valence-electron chi connectivity index (χ2n) is 3.49. The fraction of sp³-hybridized carbons (Fsp3) is 0.182. The van der Waals surface area contributed by atoms with E-state index in [9.17, 15) is 13.2 Å². The molecule has 1 heterocycles. The maximum atomic E-state index is 12.4. The lowest BCUT2D eigenvalue weighted by atomic mass is 10.1. The Balaban J connectivity index is 2.47. The first-order valence-corrected chi connectivity index (χ1v) is 6.34. The highest BCUT2D eigenvalue weighted by Gasteiger charge is 2.34. The van der Waals surface area contributed by atoms with E-state index in [-0.39, 0.29) is 0 Å². The topological polar surface area (TPSA) is 12.9 Å². The van der Waals surface area contributed by atoms with E-state index in [1.165, 1.54) is 5.38 Å². The van der Waals surface area contributed by atoms with Crippen molar-refractivity contribution in [2.24, 2.45) is 0 Å². The molecule has 17 heavy (non-hydrogen) atoms. The highest BCUT2D eigenvalue weighted by Crippen LogP contribution is 2.35. The number of hydrogen-bond donors (Lipinski definition) is 0. The molecular formula is C11H7BrF3NS. The molecule has 0 unspecified atom stereocenters. The van der Waals surface area contributed by atoms with E-state index in [1.807, 2.05) is 19.1 Å². The predicted molar refractivity (Wildman–Crippen MR) is 65.0 cm³/mol. The Bertz CT molecular complexity index is 548. The van der Waals surface area contributed by atoms with Crippen LogP contribution in [0.15, 0.2) is 28.1 Å². The van der Waals surface area contributed by atoms with Crippen molar-refractivity contribution in [3.05, 3.63) is 38.6 Å². The molecule has 6 heteroatoms. The third kappa shape index (κ3) is 2.69. The third-order valence-corrected chi connectivity index (χ3v) is 3.60. The molecule has 2 rings (SSSR count). The van der Waals surface area contributed by atoms with Crippen LogP contribution in [0.25, 0.3) is 11.3 Å². The van der Waals surface area contributed by atoms with Crippen molar-refractivity contribution in [3.8, 4) is 11.3 Å². The van der Waals surface area contributed by atoms with E-state index in [0.29, 0.717) is 22.6 Å². The van der Waals surface area contributed by atoms with Gasteiger partial charge in [-0.15, -0.1) is 11.3 Å². The third-order valence-electron chi connectivity index (χ3n) is 2.22. The Kier molecular flexibility index (Phi) is 3.27. The largest absolute Gasteiger partial charge is 0.443 e. The zero-order chi connectivity index (χ0) is 12.6. The normalized spacial score (nSPS) is 11.8. The van der Waals surface area contributed by atoms with Crippen LogP contribution in [0.1, 0.15) is 10.6 Å². The molecule has 1 nitrogen and oxygen atoms in total. The van der Waals surface area contributed by atoms with E-state index in [1.54, 1.807) is 6.07 Å². The number of thiazole rings is 1. The number of benzene rings is 1. The highest BCUT2D eigenvalue weighted by atomic mass is 79.9. The minimum atomic E-state index is -4.37. The maximum absolute atomic E-state index is 12.4. The van der Waals surface area contributed by atoms with Gasteiger partial charge in [0.1, 0.15) is 0 Å². The number of rotatable bonds is 1. The lowest BCUT2D eigenvalue weighted by Gasteiger charge is -2.03. The Labute approximate surface area is 108 Å². The number of alkyl halides is 3. The molecule has 0 saturated carbocycles. The first kappa shape index (κ1) is 12.6. The lowest BCUT2D eigenvalue weighted by molar-refractivity contribution is -0.137. The second kappa shape index (κ2) is 4.42. The van der Waals surface area contributed by atoms with Crippen molar-refractivity contribution >= 4 is 27.3 Å². The van der Waals surface area contributed by atoms with Crippen molar-refractivity contribution in [2.45, 2.75) is 13.1 Å². The van der Waals surface area contributed by atoms with Gasteiger partial charge in [0.15, 0.2) is 5.01 Å². The monoisotopic (exact) mass is 321 g/mol. The van der Waals surface area contributed by atoms with E-state index in [0.717, 1.165) is 10.0 Å². The molecule has 0 bridgehead atoms. The molecule has 90 valence electrons. The zero-order valence-corrected chi connectivity index (χ0v) is 11.1. The molecule has 1 aromatic carbocycles. The van der Waals surface area contributed by atoms with Crippen molar-refractivity contribution in [3.63, 3.8) is 0 Å². The fourth-order valence-electron chi connectivity index (χ4n) is 1.40. The number of nitrogens with zero attached hydrogens (tertiary/aromatic N) is 1. The van der Waals surface area contributed by atoms with Gasteiger partial charge in [0, 0.05) is 15.4 Å². The fourth-order valence-corrected chi connectivity index (χ4v) is 2.45. The van der Waals surface area contributed by atoms with Crippen LogP contribution < -0.4 is 0 Å². The van der Waals surface area contributed by atoms with E-state index >= 15 is 0 Å². The summed E-state index contributed by atoms with van der Waals surface area (Å²) in [5.41, 5.74) is 1.97. The SMILES string of the molecule is Cc1ccc(Br)cc1-c1csc(C(F)(F)F)n1. The summed E-state index contributed by atoms with van der Waals surface area (Å²) in [4.78, 5) is 3.63. The summed E-state index contributed by atoms with van der Waals surface area (Å²) in [6.07, 6.45) is -4.37. The van der Waals surface area contributed by atoms with Crippen molar-refractivity contribution in [2.75, 3.05) is 0 Å². The molecule has 0 aliphatic heterocycles. The van der Waals surface area contributed by atoms with Gasteiger partial charge in [-0.2, -0.15) is 13.2 Å². The quantitative estimate of drug-likeness (QED) is 0.728. The van der Waals surface area contributed by atoms with Crippen LogP contribution >= 0.6 is 27.3 Å². The molecule has 0 saturated heterocycles. The first-order valence-electron chi connectivity index (χ1n) is 4.67. The molecule has 0 atom stereocenters. The average molecular weight is 322 g/mol. The summed E-state index contributed by atoms with van der Waals surface area (Å²) in [5, 5.41) is 0.615. The average Bonchev–Trinajstić information content (AvgIpc) is 2.70. The van der Waals surface area contributed by atoms with Crippen molar-refractivity contribution < 1.29 is 13.2 Å². The van der Waals surface area contributed by atoms with Crippen LogP contribution in [0.5, 0.6) is 0 Å². The minimum Gasteiger partial charge on any atom is -0.232 e. The molecule has 1 aromatic heterocycles. The van der Waals surface area contributed by atoms with Gasteiger partial charge in [0.05, 0.1) is 5.69 Å². The van der Waals surface area contributed by atoms with Crippen LogP contribution in [0.2, 0.25) is 0 Å². The Morgan fingerprint density at radius 2 is 2.00 bits per heavy atom. The van der Waals surface area contributed by atoms with Crippen LogP contribution in [-0.4, -0.2) is 4.98 Å². The van der Waals surface area contributed by atoms with Gasteiger partial charge >= 0.3 is 6.18 Å². The maximum Gasteiger partial charge on any atom is 0.443 e. The minimum absolute atomic E-state index is 0.362. The summed E-state index contributed by atoms with van der Waals surface area (Å²) in [6, 6.07) is 5.45. The zero-order valence-electron chi connectivity index (χ0n) is 8.68. The molecule has 0 N–H and O–H groups in total. The van der Waals surface area contributed by atoms with Crippen LogP contribution in [0, 0.1) is 6.92 Å². The summed E-state index contributed by atoms with van der Waals surface area (Å²) >= 11 is 3.91. The second-order valence-corrected chi connectivity index (χ2v) is 5.27. The molecule has 0 aliphatic rings. The van der Waals surface area contributed by atoms with E-state index in [4.69, 9.17) is 0 Å². The lowest BCUT2D eigenvalue weighted by Crippen LogP contribution is -2.03. The number of hydrogen-bond acceptors (Lipinski definition) is 2. The summed E-state index contributed by atoms with van der Waals surface area (Å²) < 4.78 is 38.1. The van der Waals surface area contributed by atoms with Crippen LogP contribution in [0.3, 0.4) is 0 Å². The Hall–Kier alpha value is -0.880. The van der Waals surface area contributed by atoms with E-state index < -0.39 is 11.2 Å². The molecule has 0 spiro atoms. The van der Waals surface area contributed by atoms with Crippen molar-refractivity contribution in [1.82, 2.24) is 4.98 Å². The summed E-state index contributed by atoms with van der Waals surface area (Å²) in [6.45, 7) is 1.84. The smallest absolute Gasteiger partial charge is 0.232 e. The van der Waals surface area contributed by atoms with Gasteiger partial charge in [-0.25, -0.2) is 4.98 Å².